The molecule has 7 nitrogen and oxygen atoms in total. The van der Waals surface area contributed by atoms with Crippen LogP contribution in [0.2, 0.25) is 0 Å². The van der Waals surface area contributed by atoms with Gasteiger partial charge in [-0.25, -0.2) is 9.78 Å². The maximum absolute atomic E-state index is 12.3. The normalized spacial score (nSPS) is 19.0. The van der Waals surface area contributed by atoms with Crippen molar-refractivity contribution in [3.8, 4) is 0 Å². The molecule has 2 aromatic rings. The van der Waals surface area contributed by atoms with Crippen molar-refractivity contribution in [1.29, 1.82) is 0 Å². The molecule has 2 saturated heterocycles. The molecule has 0 bridgehead atoms. The van der Waals surface area contributed by atoms with Crippen LogP contribution in [-0.4, -0.2) is 66.5 Å². The van der Waals surface area contributed by atoms with E-state index in [1.807, 2.05) is 6.20 Å². The van der Waals surface area contributed by atoms with Crippen LogP contribution in [0.1, 0.15) is 28.9 Å². The molecule has 8 heteroatoms. The molecule has 0 radical (unpaired) electrons. The quantitative estimate of drug-likeness (QED) is 0.769. The first kappa shape index (κ1) is 18.6. The van der Waals surface area contributed by atoms with Crippen LogP contribution in [0.5, 0.6) is 0 Å². The maximum atomic E-state index is 12.3. The lowest BCUT2D eigenvalue weighted by Crippen LogP contribution is -2.51. The molecule has 0 spiro atoms. The first-order valence-corrected chi connectivity index (χ1v) is 11.0. The van der Waals surface area contributed by atoms with Crippen LogP contribution < -0.4 is 4.90 Å². The number of rotatable bonds is 4. The lowest BCUT2D eigenvalue weighted by atomic mass is 10.1. The van der Waals surface area contributed by atoms with Gasteiger partial charge in [-0.2, -0.15) is 0 Å². The number of hydrogen-bond acceptors (Lipinski definition) is 7. The minimum Gasteiger partial charge on any atom is -0.441 e. The van der Waals surface area contributed by atoms with Crippen LogP contribution in [0, 0.1) is 0 Å². The van der Waals surface area contributed by atoms with Crippen LogP contribution in [0.15, 0.2) is 17.6 Å². The Balaban J connectivity index is 1.28. The number of carbonyl (C=O) groups excluding carboxylic acids is 1. The Morgan fingerprint density at radius 2 is 2.14 bits per heavy atom. The van der Waals surface area contributed by atoms with Crippen molar-refractivity contribution < 1.29 is 14.3 Å². The zero-order chi connectivity index (χ0) is 19.8. The number of fused-ring (bicyclic) bond motifs is 1. The highest BCUT2D eigenvalue weighted by atomic mass is 32.1. The fourth-order valence-corrected chi connectivity index (χ4v) is 4.79. The lowest BCUT2D eigenvalue weighted by Gasteiger charge is -2.37. The summed E-state index contributed by atoms with van der Waals surface area (Å²) in [5.74, 6) is 0. The molecule has 1 amide bonds. The molecule has 0 N–H and O–H groups in total. The van der Waals surface area contributed by atoms with E-state index in [0.29, 0.717) is 26.3 Å². The number of anilines is 1. The molecule has 152 valence electrons. The van der Waals surface area contributed by atoms with Gasteiger partial charge in [-0.3, -0.25) is 4.98 Å². The second kappa shape index (κ2) is 7.76. The smallest absolute Gasteiger partial charge is 0.410 e. The first-order chi connectivity index (χ1) is 14.2. The van der Waals surface area contributed by atoms with E-state index < -0.39 is 0 Å². The molecule has 2 aliphatic heterocycles. The van der Waals surface area contributed by atoms with Gasteiger partial charge in [-0.1, -0.05) is 6.92 Å². The molecule has 1 aliphatic carbocycles. The van der Waals surface area contributed by atoms with Crippen molar-refractivity contribution in [2.24, 2.45) is 0 Å². The summed E-state index contributed by atoms with van der Waals surface area (Å²) < 4.78 is 10.5. The van der Waals surface area contributed by atoms with Gasteiger partial charge in [-0.05, 0) is 24.1 Å². The number of amides is 1. The number of hydrogen-bond donors (Lipinski definition) is 0. The number of aryl methyl sites for hydroxylation is 1. The van der Waals surface area contributed by atoms with Crippen molar-refractivity contribution in [2.45, 2.75) is 25.9 Å². The molecule has 0 atom stereocenters. The third-order valence-corrected chi connectivity index (χ3v) is 6.63. The molecule has 0 aromatic carbocycles. The predicted molar refractivity (Wildman–Crippen MR) is 112 cm³/mol. The number of ether oxygens (including phenoxy) is 2. The van der Waals surface area contributed by atoms with E-state index in [-0.39, 0.29) is 12.2 Å². The average molecular weight is 413 g/mol. The molecule has 2 fully saturated rings. The third-order valence-electron chi connectivity index (χ3n) is 5.67. The topological polar surface area (TPSA) is 67.8 Å². The van der Waals surface area contributed by atoms with E-state index in [1.165, 1.54) is 16.8 Å². The Hall–Kier alpha value is -2.45. The summed E-state index contributed by atoms with van der Waals surface area (Å²) in [4.78, 5) is 25.7. The SMILES string of the molecule is CCc1csc(C2=Cc3c(N4CCN(C(=O)OC5COC5)CC4)ccnc3C2)n1. The lowest BCUT2D eigenvalue weighted by molar-refractivity contribution is -0.104. The van der Waals surface area contributed by atoms with Crippen LogP contribution in [0.3, 0.4) is 0 Å². The van der Waals surface area contributed by atoms with Crippen molar-refractivity contribution in [1.82, 2.24) is 14.9 Å². The Labute approximate surface area is 174 Å². The van der Waals surface area contributed by atoms with E-state index in [4.69, 9.17) is 14.5 Å². The van der Waals surface area contributed by atoms with E-state index >= 15 is 0 Å². The number of allylic oxidation sites excluding steroid dienone is 1. The minimum atomic E-state index is -0.226. The van der Waals surface area contributed by atoms with Crippen molar-refractivity contribution >= 4 is 34.8 Å². The Kier molecular flexibility index (Phi) is 4.97. The summed E-state index contributed by atoms with van der Waals surface area (Å²) in [6.07, 6.45) is 5.62. The first-order valence-electron chi connectivity index (χ1n) is 10.1. The number of pyridine rings is 1. The van der Waals surface area contributed by atoms with Crippen molar-refractivity contribution in [3.05, 3.63) is 39.6 Å². The van der Waals surface area contributed by atoms with Gasteiger partial charge in [0.2, 0.25) is 0 Å². The monoisotopic (exact) mass is 412 g/mol. The summed E-state index contributed by atoms with van der Waals surface area (Å²) in [7, 11) is 0. The fourth-order valence-electron chi connectivity index (χ4n) is 3.87. The highest BCUT2D eigenvalue weighted by molar-refractivity contribution is 7.10. The zero-order valence-corrected chi connectivity index (χ0v) is 17.3. The number of nitrogens with zero attached hydrogens (tertiary/aromatic N) is 4. The molecule has 0 unspecified atom stereocenters. The van der Waals surface area contributed by atoms with Crippen molar-refractivity contribution in [3.63, 3.8) is 0 Å². The highest BCUT2D eigenvalue weighted by Gasteiger charge is 2.29. The fraction of sp³-hybridized carbons (Fsp3) is 0.476. The minimum absolute atomic E-state index is 0.0772. The van der Waals surface area contributed by atoms with Crippen LogP contribution >= 0.6 is 11.3 Å². The van der Waals surface area contributed by atoms with Gasteiger partial charge >= 0.3 is 6.09 Å². The molecule has 2 aromatic heterocycles. The van der Waals surface area contributed by atoms with Gasteiger partial charge in [0.15, 0.2) is 6.10 Å². The van der Waals surface area contributed by atoms with Crippen LogP contribution in [0.25, 0.3) is 11.6 Å². The number of thiazole rings is 1. The van der Waals surface area contributed by atoms with Gasteiger partial charge in [0.05, 0.1) is 24.6 Å². The molecule has 29 heavy (non-hydrogen) atoms. The Morgan fingerprint density at radius 3 is 2.83 bits per heavy atom. The maximum Gasteiger partial charge on any atom is 0.410 e. The number of carbonyl (C=O) groups is 1. The van der Waals surface area contributed by atoms with E-state index in [0.717, 1.165) is 42.3 Å². The largest absolute Gasteiger partial charge is 0.441 e. The van der Waals surface area contributed by atoms with Gasteiger partial charge in [0.25, 0.3) is 0 Å². The second-order valence-corrected chi connectivity index (χ2v) is 8.41. The van der Waals surface area contributed by atoms with Gasteiger partial charge < -0.3 is 19.3 Å². The van der Waals surface area contributed by atoms with Crippen LogP contribution in [-0.2, 0) is 22.3 Å². The van der Waals surface area contributed by atoms with Gasteiger partial charge in [0.1, 0.15) is 5.01 Å². The summed E-state index contributed by atoms with van der Waals surface area (Å²) >= 11 is 1.71. The van der Waals surface area contributed by atoms with Gasteiger partial charge in [-0.15, -0.1) is 11.3 Å². The summed E-state index contributed by atoms with van der Waals surface area (Å²) in [5.41, 5.74) is 5.88. The third kappa shape index (κ3) is 3.62. The second-order valence-electron chi connectivity index (χ2n) is 7.55. The molecule has 5 rings (SSSR count). The van der Waals surface area contributed by atoms with Crippen molar-refractivity contribution in [2.75, 3.05) is 44.3 Å². The summed E-state index contributed by atoms with van der Waals surface area (Å²) in [5, 5.41) is 3.24. The molecule has 3 aliphatic rings. The van der Waals surface area contributed by atoms with Crippen LogP contribution in [0.4, 0.5) is 10.5 Å². The van der Waals surface area contributed by atoms with Gasteiger partial charge in [0, 0.05) is 55.4 Å². The molecular weight excluding hydrogens is 388 g/mol. The van der Waals surface area contributed by atoms with E-state index in [9.17, 15) is 4.79 Å². The van der Waals surface area contributed by atoms with E-state index in [2.05, 4.69) is 34.3 Å². The Morgan fingerprint density at radius 1 is 1.31 bits per heavy atom. The number of piperazine rings is 1. The summed E-state index contributed by atoms with van der Waals surface area (Å²) in [6.45, 7) is 6.05. The molecule has 0 saturated carbocycles. The van der Waals surface area contributed by atoms with E-state index in [1.54, 1.807) is 16.2 Å². The standard InChI is InChI=1S/C21H24N4O3S/c1-2-15-13-29-20(23-15)14-9-17-18(10-14)22-4-3-19(17)24-5-7-25(8-6-24)21(26)28-16-11-27-12-16/h3-4,9,13,16H,2,5-8,10-12H2,1H3. The predicted octanol–water partition coefficient (Wildman–Crippen LogP) is 2.85. The average Bonchev–Trinajstić information content (AvgIpc) is 3.37. The highest BCUT2D eigenvalue weighted by Crippen LogP contribution is 2.37. The molecule has 4 heterocycles. The zero-order valence-electron chi connectivity index (χ0n) is 16.5. The summed E-state index contributed by atoms with van der Waals surface area (Å²) in [6, 6.07) is 2.08. The number of aromatic nitrogens is 2. The molecular formula is C21H24N4O3S. The Bertz CT molecular complexity index is 945.